The normalized spacial score (nSPS) is 11.4. The number of benzene rings is 2. The zero-order valence-electron chi connectivity index (χ0n) is 10.7. The topological polar surface area (TPSA) is 37.3 Å². The molecule has 102 valence electrons. The smallest absolute Gasteiger partial charge is 0.328 e. The van der Waals surface area contributed by atoms with Crippen molar-refractivity contribution in [2.75, 3.05) is 0 Å². The van der Waals surface area contributed by atoms with Crippen LogP contribution in [-0.4, -0.2) is 11.1 Å². The molecular formula is C16H12F2O2. The summed E-state index contributed by atoms with van der Waals surface area (Å²) in [5.41, 5.74) is 2.45. The maximum Gasteiger partial charge on any atom is 0.328 e. The van der Waals surface area contributed by atoms with E-state index in [0.717, 1.165) is 17.7 Å². The van der Waals surface area contributed by atoms with E-state index in [1.807, 2.05) is 0 Å². The molecule has 0 radical (unpaired) electrons. The highest BCUT2D eigenvalue weighted by Crippen LogP contribution is 2.24. The third kappa shape index (κ3) is 3.29. The summed E-state index contributed by atoms with van der Waals surface area (Å²) in [7, 11) is 0. The molecule has 4 heteroatoms. The van der Waals surface area contributed by atoms with Gasteiger partial charge in [0.15, 0.2) is 0 Å². The second kappa shape index (κ2) is 5.65. The number of carbonyl (C=O) groups is 1. The van der Waals surface area contributed by atoms with Crippen LogP contribution in [0.4, 0.5) is 8.78 Å². The molecule has 0 saturated carbocycles. The van der Waals surface area contributed by atoms with Crippen LogP contribution in [0, 0.1) is 11.6 Å². The molecular weight excluding hydrogens is 262 g/mol. The first kappa shape index (κ1) is 13.9. The van der Waals surface area contributed by atoms with Gasteiger partial charge in [-0.3, -0.25) is 0 Å². The van der Waals surface area contributed by atoms with Gasteiger partial charge >= 0.3 is 5.97 Å². The van der Waals surface area contributed by atoms with E-state index in [1.165, 1.54) is 12.1 Å². The molecule has 0 aliphatic carbocycles. The number of carboxylic acids is 1. The van der Waals surface area contributed by atoms with Gasteiger partial charge in [0.05, 0.1) is 0 Å². The zero-order valence-corrected chi connectivity index (χ0v) is 10.7. The van der Waals surface area contributed by atoms with Gasteiger partial charge in [-0.15, -0.1) is 0 Å². The van der Waals surface area contributed by atoms with E-state index >= 15 is 0 Å². The fourth-order valence-electron chi connectivity index (χ4n) is 1.91. The van der Waals surface area contributed by atoms with Crippen LogP contribution in [0.1, 0.15) is 12.5 Å². The monoisotopic (exact) mass is 274 g/mol. The predicted octanol–water partition coefficient (Wildman–Crippen LogP) is 4.12. The van der Waals surface area contributed by atoms with Crippen LogP contribution in [0.25, 0.3) is 16.7 Å². The second-order valence-corrected chi connectivity index (χ2v) is 4.40. The van der Waals surface area contributed by atoms with Gasteiger partial charge in [-0.05, 0) is 41.3 Å². The van der Waals surface area contributed by atoms with Crippen LogP contribution in [0.3, 0.4) is 0 Å². The molecule has 0 aromatic heterocycles. The Labute approximate surface area is 115 Å². The molecule has 2 aromatic carbocycles. The molecule has 0 spiro atoms. The highest BCUT2D eigenvalue weighted by molar-refractivity contribution is 5.89. The fraction of sp³-hybridized carbons (Fsp3) is 0.0625. The molecule has 1 N–H and O–H groups in total. The van der Waals surface area contributed by atoms with Crippen molar-refractivity contribution in [2.24, 2.45) is 0 Å². The van der Waals surface area contributed by atoms with E-state index in [4.69, 9.17) is 5.11 Å². The van der Waals surface area contributed by atoms with Gasteiger partial charge in [0.1, 0.15) is 11.6 Å². The van der Waals surface area contributed by atoms with Crippen molar-refractivity contribution in [3.8, 4) is 11.1 Å². The summed E-state index contributed by atoms with van der Waals surface area (Å²) in [4.78, 5) is 10.6. The van der Waals surface area contributed by atoms with Gasteiger partial charge in [0.2, 0.25) is 0 Å². The van der Waals surface area contributed by atoms with Gasteiger partial charge in [0.25, 0.3) is 0 Å². The maximum atomic E-state index is 13.2. The summed E-state index contributed by atoms with van der Waals surface area (Å²) in [6.07, 6.45) is 1.11. The van der Waals surface area contributed by atoms with E-state index in [0.29, 0.717) is 16.7 Å². The van der Waals surface area contributed by atoms with E-state index in [2.05, 4.69) is 0 Å². The van der Waals surface area contributed by atoms with Gasteiger partial charge in [-0.25, -0.2) is 13.6 Å². The molecule has 2 rings (SSSR count). The Bertz CT molecular complexity index is 653. The van der Waals surface area contributed by atoms with Crippen molar-refractivity contribution in [2.45, 2.75) is 6.92 Å². The van der Waals surface area contributed by atoms with E-state index in [9.17, 15) is 13.6 Å². The molecule has 0 amide bonds. The number of rotatable bonds is 3. The third-order valence-electron chi connectivity index (χ3n) is 2.88. The van der Waals surface area contributed by atoms with Crippen molar-refractivity contribution in [3.05, 3.63) is 65.7 Å². The molecule has 0 heterocycles. The largest absolute Gasteiger partial charge is 0.478 e. The maximum absolute atomic E-state index is 13.2. The molecule has 2 aromatic rings. The third-order valence-corrected chi connectivity index (χ3v) is 2.88. The van der Waals surface area contributed by atoms with Crippen LogP contribution >= 0.6 is 0 Å². The Hall–Kier alpha value is -2.49. The van der Waals surface area contributed by atoms with Crippen LogP contribution < -0.4 is 0 Å². The number of allylic oxidation sites excluding steroid dienone is 1. The average Bonchev–Trinajstić information content (AvgIpc) is 2.37. The SMILES string of the molecule is C/C(=C\C(=O)O)c1ccc(-c2cc(F)cc(F)c2)cc1. The molecule has 20 heavy (non-hydrogen) atoms. The first-order valence-corrected chi connectivity index (χ1v) is 5.94. The van der Waals surface area contributed by atoms with Crippen LogP contribution in [0.5, 0.6) is 0 Å². The minimum Gasteiger partial charge on any atom is -0.478 e. The second-order valence-electron chi connectivity index (χ2n) is 4.40. The number of halogens is 2. The highest BCUT2D eigenvalue weighted by atomic mass is 19.1. The molecule has 0 saturated heterocycles. The van der Waals surface area contributed by atoms with Crippen LogP contribution in [0.2, 0.25) is 0 Å². The first-order chi connectivity index (χ1) is 9.45. The molecule has 0 bridgehead atoms. The van der Waals surface area contributed by atoms with Crippen LogP contribution in [-0.2, 0) is 4.79 Å². The standard InChI is InChI=1S/C16H12F2O2/c1-10(6-16(19)20)11-2-4-12(5-3-11)13-7-14(17)9-15(18)8-13/h2-9H,1H3,(H,19,20)/b10-6+. The Morgan fingerprint density at radius 1 is 1.00 bits per heavy atom. The van der Waals surface area contributed by atoms with Gasteiger partial charge in [-0.2, -0.15) is 0 Å². The quantitative estimate of drug-likeness (QED) is 0.855. The van der Waals surface area contributed by atoms with E-state index in [1.54, 1.807) is 31.2 Å². The summed E-state index contributed by atoms with van der Waals surface area (Å²) in [5, 5.41) is 8.68. The lowest BCUT2D eigenvalue weighted by Gasteiger charge is -2.05. The van der Waals surface area contributed by atoms with Crippen molar-refractivity contribution >= 4 is 11.5 Å². The number of carboxylic acid groups (broad SMARTS) is 1. The number of hydrogen-bond acceptors (Lipinski definition) is 1. The molecule has 0 aliphatic heterocycles. The summed E-state index contributed by atoms with van der Waals surface area (Å²) in [5.74, 6) is -2.28. The summed E-state index contributed by atoms with van der Waals surface area (Å²) >= 11 is 0. The molecule has 0 unspecified atom stereocenters. The molecule has 0 atom stereocenters. The lowest BCUT2D eigenvalue weighted by Crippen LogP contribution is -1.90. The fourth-order valence-corrected chi connectivity index (χ4v) is 1.91. The Kier molecular flexibility index (Phi) is 3.94. The van der Waals surface area contributed by atoms with Crippen LogP contribution in [0.15, 0.2) is 48.5 Å². The predicted molar refractivity (Wildman–Crippen MR) is 73.1 cm³/mol. The van der Waals surface area contributed by atoms with E-state index < -0.39 is 17.6 Å². The first-order valence-electron chi connectivity index (χ1n) is 5.94. The lowest BCUT2D eigenvalue weighted by atomic mass is 10.0. The van der Waals surface area contributed by atoms with Gasteiger partial charge < -0.3 is 5.11 Å². The van der Waals surface area contributed by atoms with Crippen molar-refractivity contribution in [1.29, 1.82) is 0 Å². The van der Waals surface area contributed by atoms with Gasteiger partial charge in [-0.1, -0.05) is 24.3 Å². The van der Waals surface area contributed by atoms with Gasteiger partial charge in [0, 0.05) is 12.1 Å². The average molecular weight is 274 g/mol. The lowest BCUT2D eigenvalue weighted by molar-refractivity contribution is -0.131. The summed E-state index contributed by atoms with van der Waals surface area (Å²) < 4.78 is 26.3. The highest BCUT2D eigenvalue weighted by Gasteiger charge is 2.04. The van der Waals surface area contributed by atoms with Crippen molar-refractivity contribution < 1.29 is 18.7 Å². The molecule has 0 fully saturated rings. The number of hydrogen-bond donors (Lipinski definition) is 1. The minimum atomic E-state index is -1.02. The summed E-state index contributed by atoms with van der Waals surface area (Å²) in [6, 6.07) is 10.1. The van der Waals surface area contributed by atoms with Crippen molar-refractivity contribution in [3.63, 3.8) is 0 Å². The Morgan fingerprint density at radius 3 is 2.05 bits per heavy atom. The van der Waals surface area contributed by atoms with Crippen molar-refractivity contribution in [1.82, 2.24) is 0 Å². The zero-order chi connectivity index (χ0) is 14.7. The minimum absolute atomic E-state index is 0.439. The Balaban J connectivity index is 2.35. The summed E-state index contributed by atoms with van der Waals surface area (Å²) in [6.45, 7) is 1.69. The molecule has 2 nitrogen and oxygen atoms in total. The van der Waals surface area contributed by atoms with E-state index in [-0.39, 0.29) is 0 Å². The number of aliphatic carboxylic acids is 1. The molecule has 0 aliphatic rings. The Morgan fingerprint density at radius 2 is 1.55 bits per heavy atom.